The van der Waals surface area contributed by atoms with Gasteiger partial charge in [-0.05, 0) is 65.3 Å². The maximum absolute atomic E-state index is 13.9. The van der Waals surface area contributed by atoms with Gasteiger partial charge in [-0.2, -0.15) is 0 Å². The number of halogens is 3. The van der Waals surface area contributed by atoms with Crippen LogP contribution in [-0.4, -0.2) is 6.36 Å². The second kappa shape index (κ2) is 9.75. The normalized spacial score (nSPS) is 30.3. The summed E-state index contributed by atoms with van der Waals surface area (Å²) in [6.45, 7) is 4.45. The van der Waals surface area contributed by atoms with Crippen LogP contribution in [0.2, 0.25) is 0 Å². The highest BCUT2D eigenvalue weighted by molar-refractivity contribution is 5.83. The van der Waals surface area contributed by atoms with Gasteiger partial charge in [-0.3, -0.25) is 4.74 Å². The summed E-state index contributed by atoms with van der Waals surface area (Å²) in [6, 6.07) is 13.7. The largest absolute Gasteiger partial charge is 0.523 e. The second-order valence-corrected chi connectivity index (χ2v) is 10.2. The van der Waals surface area contributed by atoms with Crippen molar-refractivity contribution in [3.63, 3.8) is 0 Å². The van der Waals surface area contributed by atoms with Crippen molar-refractivity contribution in [1.82, 2.24) is 0 Å². The van der Waals surface area contributed by atoms with E-state index in [9.17, 15) is 13.2 Å². The Morgan fingerprint density at radius 1 is 0.969 bits per heavy atom. The van der Waals surface area contributed by atoms with Gasteiger partial charge in [0, 0.05) is 0 Å². The molecule has 0 saturated heterocycles. The minimum atomic E-state index is -4.66. The Kier molecular flexibility index (Phi) is 7.19. The van der Waals surface area contributed by atoms with E-state index >= 15 is 0 Å². The first-order valence-corrected chi connectivity index (χ1v) is 12.6. The molecule has 2 aliphatic carbocycles. The van der Waals surface area contributed by atoms with E-state index in [0.29, 0.717) is 23.8 Å². The fraction of sp³-hybridized carbons (Fsp3) is 0.643. The molecule has 32 heavy (non-hydrogen) atoms. The van der Waals surface area contributed by atoms with E-state index < -0.39 is 12.0 Å². The van der Waals surface area contributed by atoms with Crippen LogP contribution in [0.1, 0.15) is 83.6 Å². The van der Waals surface area contributed by atoms with Gasteiger partial charge in [0.25, 0.3) is 0 Å². The zero-order valence-corrected chi connectivity index (χ0v) is 19.5. The van der Waals surface area contributed by atoms with Crippen molar-refractivity contribution in [3.8, 4) is 0 Å². The third kappa shape index (κ3) is 4.85. The summed E-state index contributed by atoms with van der Waals surface area (Å²) in [6.07, 6.45) is 5.49. The number of rotatable bonds is 6. The summed E-state index contributed by atoms with van der Waals surface area (Å²) < 4.78 is 47.0. The topological polar surface area (TPSA) is 9.23 Å². The van der Waals surface area contributed by atoms with Crippen LogP contribution in [0.15, 0.2) is 42.5 Å². The number of benzene rings is 2. The highest BCUT2D eigenvalue weighted by Gasteiger charge is 2.53. The zero-order valence-electron chi connectivity index (χ0n) is 19.5. The summed E-state index contributed by atoms with van der Waals surface area (Å²) in [5, 5.41) is 2.03. The highest BCUT2D eigenvalue weighted by atomic mass is 19.4. The number of hydrogen-bond acceptors (Lipinski definition) is 1. The molecule has 4 heteroatoms. The molecule has 0 spiro atoms. The predicted octanol–water partition coefficient (Wildman–Crippen LogP) is 9.00. The lowest BCUT2D eigenvalue weighted by atomic mass is 9.59. The van der Waals surface area contributed by atoms with Crippen LogP contribution in [0.4, 0.5) is 13.2 Å². The van der Waals surface area contributed by atoms with Crippen molar-refractivity contribution in [3.05, 3.63) is 48.0 Å². The Morgan fingerprint density at radius 3 is 2.44 bits per heavy atom. The summed E-state index contributed by atoms with van der Waals surface area (Å²) in [5.74, 6) is 1.21. The molecule has 1 nitrogen and oxygen atoms in total. The van der Waals surface area contributed by atoms with Crippen LogP contribution in [0.5, 0.6) is 0 Å². The third-order valence-electron chi connectivity index (χ3n) is 8.39. The number of hydrogen-bond donors (Lipinski definition) is 0. The van der Waals surface area contributed by atoms with Crippen molar-refractivity contribution >= 4 is 10.8 Å². The minimum absolute atomic E-state index is 0.124. The van der Waals surface area contributed by atoms with E-state index in [0.717, 1.165) is 42.9 Å². The Morgan fingerprint density at radius 2 is 1.69 bits per heavy atom. The molecule has 2 aromatic rings. The molecule has 0 aromatic heterocycles. The van der Waals surface area contributed by atoms with E-state index in [1.807, 2.05) is 42.5 Å². The first-order valence-electron chi connectivity index (χ1n) is 12.6. The molecule has 0 heterocycles. The van der Waals surface area contributed by atoms with Gasteiger partial charge in [-0.1, -0.05) is 95.2 Å². The van der Waals surface area contributed by atoms with Gasteiger partial charge in [0.2, 0.25) is 0 Å². The molecule has 2 aromatic carbocycles. The quantitative estimate of drug-likeness (QED) is 0.430. The van der Waals surface area contributed by atoms with E-state index in [4.69, 9.17) is 4.74 Å². The molecular formula is C28H37F3O. The molecule has 0 amide bonds. The minimum Gasteiger partial charge on any atom is -0.280 e. The van der Waals surface area contributed by atoms with Crippen LogP contribution in [0.25, 0.3) is 10.8 Å². The van der Waals surface area contributed by atoms with E-state index in [2.05, 4.69) is 13.8 Å². The lowest BCUT2D eigenvalue weighted by Crippen LogP contribution is -2.49. The molecule has 0 radical (unpaired) electrons. The average molecular weight is 447 g/mol. The van der Waals surface area contributed by atoms with Gasteiger partial charge < -0.3 is 0 Å². The number of fused-ring (bicyclic) bond motifs is 1. The van der Waals surface area contributed by atoms with Crippen molar-refractivity contribution in [2.45, 2.75) is 90.0 Å². The summed E-state index contributed by atoms with van der Waals surface area (Å²) >= 11 is 0. The fourth-order valence-corrected chi connectivity index (χ4v) is 7.02. The Balaban J connectivity index is 1.77. The van der Waals surface area contributed by atoms with Gasteiger partial charge in [-0.25, -0.2) is 0 Å². The first-order chi connectivity index (χ1) is 15.3. The third-order valence-corrected chi connectivity index (χ3v) is 8.39. The van der Waals surface area contributed by atoms with Crippen molar-refractivity contribution in [2.24, 2.45) is 23.7 Å². The molecule has 4 rings (SSSR count). The lowest BCUT2D eigenvalue weighted by molar-refractivity contribution is -0.387. The van der Waals surface area contributed by atoms with Gasteiger partial charge >= 0.3 is 6.36 Å². The highest BCUT2D eigenvalue weighted by Crippen LogP contribution is 2.54. The van der Waals surface area contributed by atoms with E-state index in [-0.39, 0.29) is 11.8 Å². The molecule has 0 bridgehead atoms. The van der Waals surface area contributed by atoms with Gasteiger partial charge in [0.15, 0.2) is 0 Å². The molecule has 176 valence electrons. The van der Waals surface area contributed by atoms with Crippen LogP contribution >= 0.6 is 0 Å². The Bertz CT molecular complexity index is 890. The maximum Gasteiger partial charge on any atom is 0.523 e. The molecule has 0 aliphatic heterocycles. The Hall–Kier alpha value is -1.55. The molecule has 0 N–H and O–H groups in total. The summed E-state index contributed by atoms with van der Waals surface area (Å²) in [5.41, 5.74) is -0.596. The van der Waals surface area contributed by atoms with Crippen LogP contribution < -0.4 is 0 Å². The van der Waals surface area contributed by atoms with Crippen LogP contribution in [-0.2, 0) is 10.3 Å². The lowest BCUT2D eigenvalue weighted by Gasteiger charge is -2.50. The predicted molar refractivity (Wildman–Crippen MR) is 124 cm³/mol. The molecule has 2 aliphatic rings. The first kappa shape index (κ1) is 23.6. The molecule has 5 unspecified atom stereocenters. The molecule has 2 saturated carbocycles. The van der Waals surface area contributed by atoms with Gasteiger partial charge in [-0.15, -0.1) is 13.2 Å². The number of ether oxygens (including phenoxy) is 1. The van der Waals surface area contributed by atoms with Gasteiger partial charge in [0.05, 0.1) is 0 Å². The molecule has 2 fully saturated rings. The van der Waals surface area contributed by atoms with Crippen molar-refractivity contribution in [2.75, 3.05) is 0 Å². The summed E-state index contributed by atoms with van der Waals surface area (Å²) in [4.78, 5) is 0. The van der Waals surface area contributed by atoms with Crippen LogP contribution in [0.3, 0.4) is 0 Å². The fourth-order valence-electron chi connectivity index (χ4n) is 7.02. The van der Waals surface area contributed by atoms with E-state index in [1.165, 1.54) is 25.7 Å². The van der Waals surface area contributed by atoms with Crippen molar-refractivity contribution in [1.29, 1.82) is 0 Å². The monoisotopic (exact) mass is 446 g/mol. The van der Waals surface area contributed by atoms with Crippen LogP contribution in [0, 0.1) is 23.7 Å². The second-order valence-electron chi connectivity index (χ2n) is 10.2. The zero-order chi connectivity index (χ0) is 22.8. The SMILES string of the molecule is CCCC1CCCCC1C(C)C1CCCCC1(OC(F)(F)F)c1ccc2ccccc2c1. The smallest absolute Gasteiger partial charge is 0.280 e. The van der Waals surface area contributed by atoms with Gasteiger partial charge in [0.1, 0.15) is 5.60 Å². The molecular weight excluding hydrogens is 409 g/mol. The molecule has 5 atom stereocenters. The van der Waals surface area contributed by atoms with E-state index in [1.54, 1.807) is 0 Å². The maximum atomic E-state index is 13.9. The summed E-state index contributed by atoms with van der Waals surface area (Å²) in [7, 11) is 0. The standard InChI is InChI=1S/C28H37F3O/c1-3-10-22-12-6-7-14-25(22)20(2)26-15-8-9-18-27(26,32-28(29,30)31)24-17-16-21-11-4-5-13-23(21)19-24/h4-5,11,13,16-17,19-20,22,25-26H,3,6-10,12,14-15,18H2,1-2H3. The van der Waals surface area contributed by atoms with Crippen molar-refractivity contribution < 1.29 is 17.9 Å². The Labute approximate surface area is 190 Å². The number of alkyl halides is 3. The average Bonchev–Trinajstić information content (AvgIpc) is 2.78.